The molecule has 4 rings (SSSR count). The Bertz CT molecular complexity index is 619. The van der Waals surface area contributed by atoms with E-state index < -0.39 is 0 Å². The smallest absolute Gasteiger partial charge is 0.307 e. The van der Waals surface area contributed by atoms with Gasteiger partial charge in [0.15, 0.2) is 0 Å². The van der Waals surface area contributed by atoms with Crippen LogP contribution in [-0.2, 0) is 14.3 Å². The van der Waals surface area contributed by atoms with Crippen molar-refractivity contribution in [2.45, 2.75) is 78.6 Å². The summed E-state index contributed by atoms with van der Waals surface area (Å²) in [6.45, 7) is 6.17. The molecule has 5 atom stereocenters. The first-order valence-corrected chi connectivity index (χ1v) is 9.80. The molecule has 0 aliphatic heterocycles. The first-order valence-electron chi connectivity index (χ1n) is 9.80. The van der Waals surface area contributed by atoms with Gasteiger partial charge in [-0.1, -0.05) is 13.8 Å². The highest BCUT2D eigenvalue weighted by atomic mass is 16.5. The molecule has 3 heteroatoms. The summed E-state index contributed by atoms with van der Waals surface area (Å²) < 4.78 is 5.62. The van der Waals surface area contributed by atoms with Gasteiger partial charge in [0, 0.05) is 25.2 Å². The molecular formula is C21H30O3. The number of esters is 1. The Morgan fingerprint density at radius 2 is 1.75 bits per heavy atom. The Labute approximate surface area is 145 Å². The number of carbonyl (C=O) groups is 2. The molecule has 3 fully saturated rings. The van der Waals surface area contributed by atoms with Crippen molar-refractivity contribution < 1.29 is 14.3 Å². The van der Waals surface area contributed by atoms with Crippen LogP contribution in [0.3, 0.4) is 0 Å². The topological polar surface area (TPSA) is 43.4 Å². The number of fused-ring (bicyclic) bond motifs is 5. The SMILES string of the molecule is CC(=O)OC1=C2CCC3C(CC[C@]4(C)C(=O)CCC34)[C@@]2(C)CCC1. The van der Waals surface area contributed by atoms with Crippen molar-refractivity contribution >= 4 is 11.8 Å². The molecule has 0 spiro atoms. The highest BCUT2D eigenvalue weighted by Crippen LogP contribution is 2.65. The van der Waals surface area contributed by atoms with Crippen molar-refractivity contribution in [2.75, 3.05) is 0 Å². The molecule has 0 aromatic heterocycles. The molecule has 0 bridgehead atoms. The van der Waals surface area contributed by atoms with Crippen LogP contribution in [0.25, 0.3) is 0 Å². The van der Waals surface area contributed by atoms with E-state index in [2.05, 4.69) is 13.8 Å². The molecule has 0 N–H and O–H groups in total. The third-order valence-electron chi connectivity index (χ3n) is 8.09. The van der Waals surface area contributed by atoms with Crippen molar-refractivity contribution in [3.63, 3.8) is 0 Å². The van der Waals surface area contributed by atoms with Gasteiger partial charge >= 0.3 is 5.97 Å². The lowest BCUT2D eigenvalue weighted by molar-refractivity contribution is -0.138. The lowest BCUT2D eigenvalue weighted by atomic mass is 9.47. The Hall–Kier alpha value is -1.12. The first kappa shape index (κ1) is 16.4. The first-order chi connectivity index (χ1) is 11.4. The standard InChI is InChI=1S/C21H30O3/c1-13(22)24-18-5-4-11-20(2)16-10-12-21(3)15(8-9-19(21)23)14(16)6-7-17(18)20/h14-16H,4-12H2,1-3H3/t14?,15?,16?,20-,21+/m1/s1. The van der Waals surface area contributed by atoms with Gasteiger partial charge in [0.25, 0.3) is 0 Å². The van der Waals surface area contributed by atoms with Crippen LogP contribution in [0.4, 0.5) is 0 Å². The van der Waals surface area contributed by atoms with Gasteiger partial charge < -0.3 is 4.74 Å². The zero-order chi connectivity index (χ0) is 17.1. The molecule has 3 unspecified atom stereocenters. The minimum absolute atomic E-state index is 0.0495. The van der Waals surface area contributed by atoms with Gasteiger partial charge in [-0.2, -0.15) is 0 Å². The Kier molecular flexibility index (Phi) is 3.71. The summed E-state index contributed by atoms with van der Waals surface area (Å²) in [6.07, 6.45) is 9.60. The molecule has 0 saturated heterocycles. The predicted molar refractivity (Wildman–Crippen MR) is 92.0 cm³/mol. The molecular weight excluding hydrogens is 300 g/mol. The largest absolute Gasteiger partial charge is 0.431 e. The number of hydrogen-bond acceptors (Lipinski definition) is 3. The van der Waals surface area contributed by atoms with Crippen LogP contribution < -0.4 is 0 Å². The molecule has 3 nitrogen and oxygen atoms in total. The third kappa shape index (κ3) is 2.16. The molecule has 4 aliphatic carbocycles. The van der Waals surface area contributed by atoms with E-state index in [9.17, 15) is 9.59 Å². The van der Waals surface area contributed by atoms with Crippen LogP contribution in [-0.4, -0.2) is 11.8 Å². The summed E-state index contributed by atoms with van der Waals surface area (Å²) in [6, 6.07) is 0. The molecule has 0 radical (unpaired) electrons. The third-order valence-corrected chi connectivity index (χ3v) is 8.09. The van der Waals surface area contributed by atoms with Crippen LogP contribution in [0.2, 0.25) is 0 Å². The second-order valence-electron chi connectivity index (χ2n) is 9.10. The number of carbonyl (C=O) groups excluding carboxylic acids is 2. The summed E-state index contributed by atoms with van der Waals surface area (Å²) in [5.74, 6) is 3.24. The van der Waals surface area contributed by atoms with Gasteiger partial charge in [0.05, 0.1) is 0 Å². The van der Waals surface area contributed by atoms with E-state index in [4.69, 9.17) is 4.74 Å². The maximum Gasteiger partial charge on any atom is 0.307 e. The normalized spacial score (nSPS) is 44.6. The summed E-state index contributed by atoms with van der Waals surface area (Å²) in [7, 11) is 0. The molecule has 132 valence electrons. The van der Waals surface area contributed by atoms with E-state index in [0.717, 1.165) is 50.7 Å². The molecule has 24 heavy (non-hydrogen) atoms. The number of ketones is 1. The lowest BCUT2D eigenvalue weighted by Gasteiger charge is -2.57. The highest BCUT2D eigenvalue weighted by molar-refractivity contribution is 5.87. The van der Waals surface area contributed by atoms with Crippen molar-refractivity contribution in [1.82, 2.24) is 0 Å². The van der Waals surface area contributed by atoms with E-state index in [1.807, 2.05) is 0 Å². The van der Waals surface area contributed by atoms with E-state index in [1.54, 1.807) is 0 Å². The van der Waals surface area contributed by atoms with Gasteiger partial charge in [-0.05, 0) is 73.7 Å². The van der Waals surface area contributed by atoms with Crippen LogP contribution in [0.5, 0.6) is 0 Å². The zero-order valence-electron chi connectivity index (χ0n) is 15.3. The maximum absolute atomic E-state index is 12.5. The Balaban J connectivity index is 1.69. The fourth-order valence-corrected chi connectivity index (χ4v) is 6.92. The Morgan fingerprint density at radius 3 is 2.50 bits per heavy atom. The summed E-state index contributed by atoms with van der Waals surface area (Å²) in [4.78, 5) is 24.0. The average Bonchev–Trinajstić information content (AvgIpc) is 2.82. The predicted octanol–water partition coefficient (Wildman–Crippen LogP) is 4.80. The minimum Gasteiger partial charge on any atom is -0.431 e. The molecule has 0 aromatic rings. The van der Waals surface area contributed by atoms with Crippen molar-refractivity contribution in [3.05, 3.63) is 11.3 Å². The summed E-state index contributed by atoms with van der Waals surface area (Å²) in [5, 5.41) is 0. The molecule has 0 aromatic carbocycles. The van der Waals surface area contributed by atoms with E-state index in [1.165, 1.54) is 25.3 Å². The van der Waals surface area contributed by atoms with Gasteiger partial charge in [0.2, 0.25) is 0 Å². The van der Waals surface area contributed by atoms with E-state index >= 15 is 0 Å². The Morgan fingerprint density at radius 1 is 1.00 bits per heavy atom. The van der Waals surface area contributed by atoms with Crippen LogP contribution >= 0.6 is 0 Å². The van der Waals surface area contributed by atoms with E-state index in [0.29, 0.717) is 23.5 Å². The molecule has 4 aliphatic rings. The summed E-state index contributed by atoms with van der Waals surface area (Å²) >= 11 is 0. The summed E-state index contributed by atoms with van der Waals surface area (Å²) in [5.41, 5.74) is 1.56. The fourth-order valence-electron chi connectivity index (χ4n) is 6.92. The number of Topliss-reactive ketones (excluding diaryl/α,β-unsaturated/α-hetero) is 1. The van der Waals surface area contributed by atoms with Gasteiger partial charge in [0.1, 0.15) is 11.5 Å². The van der Waals surface area contributed by atoms with Gasteiger partial charge in [-0.25, -0.2) is 0 Å². The van der Waals surface area contributed by atoms with Crippen molar-refractivity contribution in [1.29, 1.82) is 0 Å². The zero-order valence-corrected chi connectivity index (χ0v) is 15.3. The monoisotopic (exact) mass is 330 g/mol. The number of ether oxygens (including phenoxy) is 1. The molecule has 0 amide bonds. The highest BCUT2D eigenvalue weighted by Gasteiger charge is 2.59. The van der Waals surface area contributed by atoms with Crippen LogP contribution in [0, 0.1) is 28.6 Å². The maximum atomic E-state index is 12.5. The minimum atomic E-state index is -0.179. The molecule has 3 saturated carbocycles. The van der Waals surface area contributed by atoms with Crippen molar-refractivity contribution in [3.8, 4) is 0 Å². The van der Waals surface area contributed by atoms with Crippen LogP contribution in [0.1, 0.15) is 78.6 Å². The number of allylic oxidation sites excluding steroid dienone is 2. The van der Waals surface area contributed by atoms with Gasteiger partial charge in [-0.15, -0.1) is 0 Å². The number of hydrogen-bond donors (Lipinski definition) is 0. The number of rotatable bonds is 1. The van der Waals surface area contributed by atoms with Gasteiger partial charge in [-0.3, -0.25) is 9.59 Å². The van der Waals surface area contributed by atoms with Crippen molar-refractivity contribution in [2.24, 2.45) is 28.6 Å². The fraction of sp³-hybridized carbons (Fsp3) is 0.810. The quantitative estimate of drug-likeness (QED) is 0.649. The second kappa shape index (κ2) is 5.44. The lowest BCUT2D eigenvalue weighted by Crippen LogP contribution is -2.50. The molecule has 0 heterocycles. The van der Waals surface area contributed by atoms with Crippen LogP contribution in [0.15, 0.2) is 11.3 Å². The van der Waals surface area contributed by atoms with E-state index in [-0.39, 0.29) is 16.8 Å². The second-order valence-corrected chi connectivity index (χ2v) is 9.10. The average molecular weight is 330 g/mol.